The maximum Gasteiger partial charge on any atom is 0.191 e. The zero-order chi connectivity index (χ0) is 13.2. The summed E-state index contributed by atoms with van der Waals surface area (Å²) in [6.45, 7) is 4.18. The molecule has 3 nitrogen and oxygen atoms in total. The fourth-order valence-electron chi connectivity index (χ4n) is 1.61. The van der Waals surface area contributed by atoms with Crippen LogP contribution in [0.15, 0.2) is 22.5 Å². The maximum absolute atomic E-state index is 4.22. The van der Waals surface area contributed by atoms with Crippen LogP contribution in [0.1, 0.15) is 11.8 Å². The zero-order valence-electron chi connectivity index (χ0n) is 11.8. The molecule has 0 aliphatic rings. The van der Waals surface area contributed by atoms with Crippen LogP contribution in [0.3, 0.4) is 0 Å². The SMILES string of the molecule is CN=C(NCCSC)NCC(C)Cc1cccs1.I. The Morgan fingerprint density at radius 1 is 1.47 bits per heavy atom. The van der Waals surface area contributed by atoms with Gasteiger partial charge in [-0.1, -0.05) is 13.0 Å². The van der Waals surface area contributed by atoms with E-state index in [1.165, 1.54) is 4.88 Å². The Balaban J connectivity index is 0.00000324. The number of thiophene rings is 1. The minimum Gasteiger partial charge on any atom is -0.356 e. The van der Waals surface area contributed by atoms with Gasteiger partial charge in [0.15, 0.2) is 5.96 Å². The molecule has 6 heteroatoms. The predicted molar refractivity (Wildman–Crippen MR) is 100 cm³/mol. The van der Waals surface area contributed by atoms with Gasteiger partial charge in [0, 0.05) is 30.8 Å². The number of rotatable bonds is 7. The molecule has 0 bridgehead atoms. The van der Waals surface area contributed by atoms with Gasteiger partial charge in [0.1, 0.15) is 0 Å². The van der Waals surface area contributed by atoms with Crippen LogP contribution in [0.4, 0.5) is 0 Å². The van der Waals surface area contributed by atoms with E-state index in [2.05, 4.69) is 46.3 Å². The Bertz CT molecular complexity index is 342. The lowest BCUT2D eigenvalue weighted by Gasteiger charge is -2.15. The quantitative estimate of drug-likeness (QED) is 0.312. The van der Waals surface area contributed by atoms with Gasteiger partial charge in [-0.3, -0.25) is 4.99 Å². The lowest BCUT2D eigenvalue weighted by Crippen LogP contribution is -2.40. The van der Waals surface area contributed by atoms with Gasteiger partial charge in [0.2, 0.25) is 0 Å². The van der Waals surface area contributed by atoms with Crippen LogP contribution >= 0.6 is 47.1 Å². The first-order valence-electron chi connectivity index (χ1n) is 6.22. The lowest BCUT2D eigenvalue weighted by atomic mass is 10.1. The highest BCUT2D eigenvalue weighted by molar-refractivity contribution is 14.0. The topological polar surface area (TPSA) is 36.4 Å². The van der Waals surface area contributed by atoms with E-state index in [9.17, 15) is 0 Å². The molecule has 0 aliphatic heterocycles. The van der Waals surface area contributed by atoms with Gasteiger partial charge in [0.05, 0.1) is 0 Å². The van der Waals surface area contributed by atoms with Crippen molar-refractivity contribution in [2.45, 2.75) is 13.3 Å². The van der Waals surface area contributed by atoms with Gasteiger partial charge in [0.25, 0.3) is 0 Å². The van der Waals surface area contributed by atoms with E-state index in [0.29, 0.717) is 5.92 Å². The average molecular weight is 413 g/mol. The normalized spacial score (nSPS) is 12.7. The van der Waals surface area contributed by atoms with Gasteiger partial charge in [-0.25, -0.2) is 0 Å². The molecule has 19 heavy (non-hydrogen) atoms. The number of hydrogen-bond donors (Lipinski definition) is 2. The van der Waals surface area contributed by atoms with Crippen molar-refractivity contribution in [1.82, 2.24) is 10.6 Å². The van der Waals surface area contributed by atoms with E-state index in [0.717, 1.165) is 31.2 Å². The number of nitrogens with zero attached hydrogens (tertiary/aromatic N) is 1. The number of nitrogens with one attached hydrogen (secondary N) is 2. The summed E-state index contributed by atoms with van der Waals surface area (Å²) in [5.41, 5.74) is 0. The van der Waals surface area contributed by atoms with Crippen LogP contribution in [0.25, 0.3) is 0 Å². The van der Waals surface area contributed by atoms with E-state index in [1.54, 1.807) is 0 Å². The maximum atomic E-state index is 4.22. The molecule has 1 aromatic rings. The molecule has 1 unspecified atom stereocenters. The van der Waals surface area contributed by atoms with Crippen molar-refractivity contribution in [2.75, 3.05) is 32.1 Å². The highest BCUT2D eigenvalue weighted by Gasteiger charge is 2.05. The van der Waals surface area contributed by atoms with E-state index < -0.39 is 0 Å². The molecule has 1 heterocycles. The van der Waals surface area contributed by atoms with Crippen molar-refractivity contribution in [2.24, 2.45) is 10.9 Å². The summed E-state index contributed by atoms with van der Waals surface area (Å²) in [4.78, 5) is 5.67. The smallest absolute Gasteiger partial charge is 0.191 e. The molecule has 2 N–H and O–H groups in total. The average Bonchev–Trinajstić information content (AvgIpc) is 2.86. The van der Waals surface area contributed by atoms with E-state index in [4.69, 9.17) is 0 Å². The first-order chi connectivity index (χ1) is 8.76. The van der Waals surface area contributed by atoms with Crippen molar-refractivity contribution in [3.05, 3.63) is 22.4 Å². The van der Waals surface area contributed by atoms with Crippen LogP contribution < -0.4 is 10.6 Å². The monoisotopic (exact) mass is 413 g/mol. The van der Waals surface area contributed by atoms with Crippen molar-refractivity contribution < 1.29 is 0 Å². The highest BCUT2D eigenvalue weighted by atomic mass is 127. The fourth-order valence-corrected chi connectivity index (χ4v) is 2.78. The van der Waals surface area contributed by atoms with Gasteiger partial charge >= 0.3 is 0 Å². The molecule has 0 aliphatic carbocycles. The van der Waals surface area contributed by atoms with Crippen molar-refractivity contribution >= 4 is 53.0 Å². The summed E-state index contributed by atoms with van der Waals surface area (Å²) in [6.07, 6.45) is 3.24. The van der Waals surface area contributed by atoms with Crippen LogP contribution in [-0.4, -0.2) is 38.1 Å². The number of guanidine groups is 1. The van der Waals surface area contributed by atoms with Gasteiger partial charge in [-0.2, -0.15) is 11.8 Å². The highest BCUT2D eigenvalue weighted by Crippen LogP contribution is 2.13. The van der Waals surface area contributed by atoms with Gasteiger partial charge < -0.3 is 10.6 Å². The number of hydrogen-bond acceptors (Lipinski definition) is 3. The summed E-state index contributed by atoms with van der Waals surface area (Å²) in [6, 6.07) is 4.32. The Kier molecular flexibility index (Phi) is 11.9. The fraction of sp³-hybridized carbons (Fsp3) is 0.615. The van der Waals surface area contributed by atoms with E-state index >= 15 is 0 Å². The number of thioether (sulfide) groups is 1. The van der Waals surface area contributed by atoms with Crippen LogP contribution in [0.5, 0.6) is 0 Å². The molecule has 0 amide bonds. The second kappa shape index (κ2) is 11.8. The van der Waals surface area contributed by atoms with Gasteiger partial charge in [-0.05, 0) is 30.0 Å². The van der Waals surface area contributed by atoms with E-state index in [-0.39, 0.29) is 24.0 Å². The molecule has 1 atom stereocenters. The van der Waals surface area contributed by atoms with E-state index in [1.807, 2.05) is 30.1 Å². The summed E-state index contributed by atoms with van der Waals surface area (Å²) >= 11 is 3.67. The molecule has 0 aromatic carbocycles. The molecule has 0 spiro atoms. The Morgan fingerprint density at radius 3 is 2.84 bits per heavy atom. The summed E-state index contributed by atoms with van der Waals surface area (Å²) in [7, 11) is 1.82. The summed E-state index contributed by atoms with van der Waals surface area (Å²) in [5, 5.41) is 8.82. The molecule has 1 aromatic heterocycles. The minimum absolute atomic E-state index is 0. The molecule has 0 radical (unpaired) electrons. The molecular weight excluding hydrogens is 389 g/mol. The second-order valence-corrected chi connectivity index (χ2v) is 6.28. The second-order valence-electron chi connectivity index (χ2n) is 4.26. The number of halogens is 1. The molecule has 0 saturated carbocycles. The number of aliphatic imine (C=N–C) groups is 1. The first kappa shape index (κ1) is 19.1. The minimum atomic E-state index is 0. The standard InChI is InChI=1S/C13H23N3S2.HI/c1-11(9-12-5-4-7-18-12)10-16-13(14-2)15-6-8-17-3;/h4-5,7,11H,6,8-10H2,1-3H3,(H2,14,15,16);1H. The molecule has 110 valence electrons. The van der Waals surface area contributed by atoms with Crippen molar-refractivity contribution in [1.29, 1.82) is 0 Å². The summed E-state index contributed by atoms with van der Waals surface area (Å²) in [5.74, 6) is 2.62. The molecular formula is C13H24IN3S2. The first-order valence-corrected chi connectivity index (χ1v) is 8.49. The van der Waals surface area contributed by atoms with Crippen molar-refractivity contribution in [3.8, 4) is 0 Å². The van der Waals surface area contributed by atoms with Crippen LogP contribution in [-0.2, 0) is 6.42 Å². The van der Waals surface area contributed by atoms with Crippen LogP contribution in [0, 0.1) is 5.92 Å². The largest absolute Gasteiger partial charge is 0.356 e. The van der Waals surface area contributed by atoms with Crippen molar-refractivity contribution in [3.63, 3.8) is 0 Å². The Labute approximate surface area is 142 Å². The zero-order valence-corrected chi connectivity index (χ0v) is 15.8. The third-order valence-electron chi connectivity index (χ3n) is 2.57. The van der Waals surface area contributed by atoms with Crippen LogP contribution in [0.2, 0.25) is 0 Å². The third-order valence-corrected chi connectivity index (χ3v) is 4.08. The lowest BCUT2D eigenvalue weighted by molar-refractivity contribution is 0.563. The van der Waals surface area contributed by atoms with Gasteiger partial charge in [-0.15, -0.1) is 35.3 Å². The predicted octanol–water partition coefficient (Wildman–Crippen LogP) is 3.07. The Hall–Kier alpha value is 0.0500. The summed E-state index contributed by atoms with van der Waals surface area (Å²) < 4.78 is 0. The molecule has 1 rings (SSSR count). The molecule has 0 fully saturated rings. The Morgan fingerprint density at radius 2 is 2.26 bits per heavy atom. The molecule has 0 saturated heterocycles. The third kappa shape index (κ3) is 8.75.